The van der Waals surface area contributed by atoms with Gasteiger partial charge < -0.3 is 9.64 Å². The first-order valence-electron chi connectivity index (χ1n) is 6.66. The smallest absolute Gasteiger partial charge is 0.410 e. The maximum atomic E-state index is 12.4. The standard InChI is InChI=1S/C14H20N2O3S/c1-14(2,3)19-13(17)16-9-7-11(10-16)20(18)12-6-4-5-8-15-12/h4-6,8,11H,7,9-10H2,1-3H3. The predicted molar refractivity (Wildman–Crippen MR) is 76.9 cm³/mol. The number of likely N-dealkylation sites (tertiary alicyclic amines) is 1. The molecule has 2 rings (SSSR count). The van der Waals surface area contributed by atoms with Crippen LogP contribution >= 0.6 is 0 Å². The molecule has 2 atom stereocenters. The minimum atomic E-state index is -1.18. The number of rotatable bonds is 2. The van der Waals surface area contributed by atoms with Crippen molar-refractivity contribution >= 4 is 16.9 Å². The van der Waals surface area contributed by atoms with Crippen LogP contribution in [-0.2, 0) is 15.5 Å². The number of carbonyl (C=O) groups excluding carboxylic acids is 1. The van der Waals surface area contributed by atoms with Gasteiger partial charge in [-0.2, -0.15) is 0 Å². The van der Waals surface area contributed by atoms with E-state index in [0.717, 1.165) is 0 Å². The van der Waals surface area contributed by atoms with Crippen LogP contribution in [0.2, 0.25) is 0 Å². The molecule has 0 N–H and O–H groups in total. The van der Waals surface area contributed by atoms with Crippen molar-refractivity contribution in [3.63, 3.8) is 0 Å². The van der Waals surface area contributed by atoms with E-state index in [0.29, 0.717) is 24.5 Å². The Kier molecular flexibility index (Phi) is 4.42. The molecule has 2 heterocycles. The van der Waals surface area contributed by atoms with E-state index in [9.17, 15) is 9.00 Å². The summed E-state index contributed by atoms with van der Waals surface area (Å²) < 4.78 is 17.7. The Hall–Kier alpha value is -1.43. The van der Waals surface area contributed by atoms with Crippen LogP contribution in [0.3, 0.4) is 0 Å². The molecule has 1 fully saturated rings. The van der Waals surface area contributed by atoms with Crippen LogP contribution < -0.4 is 0 Å². The first-order valence-corrected chi connectivity index (χ1v) is 7.87. The molecule has 0 aromatic carbocycles. The zero-order chi connectivity index (χ0) is 14.8. The molecule has 20 heavy (non-hydrogen) atoms. The van der Waals surface area contributed by atoms with Gasteiger partial charge in [-0.15, -0.1) is 0 Å². The highest BCUT2D eigenvalue weighted by Gasteiger charge is 2.33. The molecular weight excluding hydrogens is 276 g/mol. The van der Waals surface area contributed by atoms with Crippen LogP contribution in [0, 0.1) is 0 Å². The Balaban J connectivity index is 1.96. The van der Waals surface area contributed by atoms with Crippen LogP contribution in [-0.4, -0.2) is 44.1 Å². The molecule has 0 radical (unpaired) electrons. The van der Waals surface area contributed by atoms with Crippen molar-refractivity contribution in [2.24, 2.45) is 0 Å². The Bertz CT molecular complexity index is 499. The van der Waals surface area contributed by atoms with Crippen molar-refractivity contribution in [2.45, 2.75) is 43.1 Å². The summed E-state index contributed by atoms with van der Waals surface area (Å²) >= 11 is 0. The van der Waals surface area contributed by atoms with E-state index in [-0.39, 0.29) is 11.3 Å². The monoisotopic (exact) mass is 296 g/mol. The van der Waals surface area contributed by atoms with E-state index in [1.54, 1.807) is 23.2 Å². The molecule has 2 unspecified atom stereocenters. The third-order valence-corrected chi connectivity index (χ3v) is 4.59. The molecular formula is C14H20N2O3S. The Morgan fingerprint density at radius 3 is 2.80 bits per heavy atom. The van der Waals surface area contributed by atoms with Crippen LogP contribution in [0.1, 0.15) is 27.2 Å². The average Bonchev–Trinajstić information content (AvgIpc) is 2.86. The maximum absolute atomic E-state index is 12.4. The van der Waals surface area contributed by atoms with Crippen LogP contribution in [0.15, 0.2) is 29.4 Å². The normalized spacial score (nSPS) is 20.8. The lowest BCUT2D eigenvalue weighted by Gasteiger charge is -2.24. The second kappa shape index (κ2) is 5.91. The second-order valence-electron chi connectivity index (χ2n) is 5.80. The van der Waals surface area contributed by atoms with Crippen molar-refractivity contribution in [3.8, 4) is 0 Å². The number of hydrogen-bond donors (Lipinski definition) is 0. The highest BCUT2D eigenvalue weighted by Crippen LogP contribution is 2.21. The number of aromatic nitrogens is 1. The zero-order valence-electron chi connectivity index (χ0n) is 12.0. The van der Waals surface area contributed by atoms with E-state index < -0.39 is 16.4 Å². The van der Waals surface area contributed by atoms with Gasteiger partial charge in [0.25, 0.3) is 0 Å². The third-order valence-electron chi connectivity index (χ3n) is 2.94. The SMILES string of the molecule is CC(C)(C)OC(=O)N1CCC(S(=O)c2ccccn2)C1. The van der Waals surface area contributed by atoms with Gasteiger partial charge in [0.1, 0.15) is 10.6 Å². The first kappa shape index (κ1) is 15.0. The van der Waals surface area contributed by atoms with Gasteiger partial charge in [0.05, 0.1) is 16.0 Å². The molecule has 1 aliphatic heterocycles. The number of amides is 1. The van der Waals surface area contributed by atoms with E-state index in [4.69, 9.17) is 4.74 Å². The van der Waals surface area contributed by atoms with Gasteiger partial charge in [-0.25, -0.2) is 9.78 Å². The van der Waals surface area contributed by atoms with Crippen molar-refractivity contribution in [3.05, 3.63) is 24.4 Å². The lowest BCUT2D eigenvalue weighted by atomic mass is 10.2. The summed E-state index contributed by atoms with van der Waals surface area (Å²) in [6.45, 7) is 6.55. The second-order valence-corrected chi connectivity index (χ2v) is 7.48. The molecule has 0 saturated carbocycles. The van der Waals surface area contributed by atoms with Crippen molar-refractivity contribution in [1.82, 2.24) is 9.88 Å². The number of ether oxygens (including phenoxy) is 1. The summed E-state index contributed by atoms with van der Waals surface area (Å²) in [4.78, 5) is 17.7. The Morgan fingerprint density at radius 2 is 2.20 bits per heavy atom. The number of pyridine rings is 1. The van der Waals surface area contributed by atoms with Gasteiger partial charge in [-0.3, -0.25) is 4.21 Å². The van der Waals surface area contributed by atoms with Crippen LogP contribution in [0.25, 0.3) is 0 Å². The number of nitrogens with zero attached hydrogens (tertiary/aromatic N) is 2. The summed E-state index contributed by atoms with van der Waals surface area (Å²) in [6, 6.07) is 5.37. The summed E-state index contributed by atoms with van der Waals surface area (Å²) in [5.74, 6) is 0. The molecule has 1 aromatic rings. The molecule has 0 spiro atoms. The number of carbonyl (C=O) groups is 1. The molecule has 1 aliphatic rings. The maximum Gasteiger partial charge on any atom is 0.410 e. The highest BCUT2D eigenvalue weighted by atomic mass is 32.2. The average molecular weight is 296 g/mol. The summed E-state index contributed by atoms with van der Waals surface area (Å²) in [5, 5.41) is 0.501. The fraction of sp³-hybridized carbons (Fsp3) is 0.571. The molecule has 1 aromatic heterocycles. The molecule has 6 heteroatoms. The van der Waals surface area contributed by atoms with E-state index in [2.05, 4.69) is 4.98 Å². The topological polar surface area (TPSA) is 59.5 Å². The Labute approximate surface area is 121 Å². The highest BCUT2D eigenvalue weighted by molar-refractivity contribution is 7.85. The lowest BCUT2D eigenvalue weighted by Crippen LogP contribution is -2.36. The van der Waals surface area contributed by atoms with Crippen LogP contribution in [0.4, 0.5) is 4.79 Å². The van der Waals surface area contributed by atoms with E-state index in [1.807, 2.05) is 26.8 Å². The first-order chi connectivity index (χ1) is 9.37. The minimum absolute atomic E-state index is 0.0718. The third kappa shape index (κ3) is 3.79. The van der Waals surface area contributed by atoms with Gasteiger partial charge in [-0.05, 0) is 39.3 Å². The quantitative estimate of drug-likeness (QED) is 0.839. The van der Waals surface area contributed by atoms with Crippen molar-refractivity contribution < 1.29 is 13.7 Å². The van der Waals surface area contributed by atoms with E-state index in [1.165, 1.54) is 0 Å². The largest absolute Gasteiger partial charge is 0.444 e. The van der Waals surface area contributed by atoms with Gasteiger partial charge in [0.15, 0.2) is 0 Å². The van der Waals surface area contributed by atoms with E-state index >= 15 is 0 Å². The van der Waals surface area contributed by atoms with Gasteiger partial charge in [0.2, 0.25) is 0 Å². The fourth-order valence-electron chi connectivity index (χ4n) is 2.03. The molecule has 110 valence electrons. The molecule has 0 bridgehead atoms. The molecule has 1 amide bonds. The number of hydrogen-bond acceptors (Lipinski definition) is 4. The molecule has 0 aliphatic carbocycles. The van der Waals surface area contributed by atoms with Gasteiger partial charge in [0, 0.05) is 19.3 Å². The summed E-state index contributed by atoms with van der Waals surface area (Å²) in [6.07, 6.45) is 2.01. The summed E-state index contributed by atoms with van der Waals surface area (Å²) in [7, 11) is -1.18. The van der Waals surface area contributed by atoms with Gasteiger partial charge >= 0.3 is 6.09 Å². The minimum Gasteiger partial charge on any atom is -0.444 e. The van der Waals surface area contributed by atoms with Crippen LogP contribution in [0.5, 0.6) is 0 Å². The summed E-state index contributed by atoms with van der Waals surface area (Å²) in [5.41, 5.74) is -0.505. The van der Waals surface area contributed by atoms with Gasteiger partial charge in [-0.1, -0.05) is 6.07 Å². The Morgan fingerprint density at radius 1 is 1.45 bits per heavy atom. The lowest BCUT2D eigenvalue weighted by molar-refractivity contribution is 0.0295. The zero-order valence-corrected chi connectivity index (χ0v) is 12.9. The predicted octanol–water partition coefficient (Wildman–Crippen LogP) is 2.20. The van der Waals surface area contributed by atoms with Crippen molar-refractivity contribution in [1.29, 1.82) is 0 Å². The fourth-order valence-corrected chi connectivity index (χ4v) is 3.39. The molecule has 5 nitrogen and oxygen atoms in total. The van der Waals surface area contributed by atoms with Crippen molar-refractivity contribution in [2.75, 3.05) is 13.1 Å². The molecule has 1 saturated heterocycles.